The molecule has 11 aromatic rings. The van der Waals surface area contributed by atoms with E-state index in [0.717, 1.165) is 55.9 Å². The maximum atomic E-state index is 5.17. The molecule has 3 nitrogen and oxygen atoms in total. The van der Waals surface area contributed by atoms with Gasteiger partial charge < -0.3 is 0 Å². The Morgan fingerprint density at radius 2 is 0.746 bits per heavy atom. The molecule has 0 fully saturated rings. The Bertz CT molecular complexity index is 3510. The maximum absolute atomic E-state index is 5.17. The molecule has 2 aromatic heterocycles. The molecule has 0 bridgehead atoms. The fourth-order valence-electron chi connectivity index (χ4n) is 10.2. The summed E-state index contributed by atoms with van der Waals surface area (Å²) in [6.45, 7) is 0. The summed E-state index contributed by atoms with van der Waals surface area (Å²) in [5.41, 5.74) is 21.2. The quantitative estimate of drug-likeness (QED) is 0.145. The summed E-state index contributed by atoms with van der Waals surface area (Å²) in [6, 6.07) is 89.4. The zero-order valence-electron chi connectivity index (χ0n) is 36.7. The van der Waals surface area contributed by atoms with Crippen molar-refractivity contribution in [2.45, 2.75) is 5.41 Å². The van der Waals surface area contributed by atoms with Gasteiger partial charge in [-0.15, -0.1) is 0 Å². The van der Waals surface area contributed by atoms with Crippen LogP contribution in [0.15, 0.2) is 261 Å². The van der Waals surface area contributed by atoms with Gasteiger partial charge in [-0.25, -0.2) is 9.97 Å². The molecule has 0 amide bonds. The zero-order chi connectivity index (χ0) is 44.6. The van der Waals surface area contributed by atoms with E-state index in [1.165, 1.54) is 50.1 Å². The highest BCUT2D eigenvalue weighted by molar-refractivity contribution is 5.96. The van der Waals surface area contributed by atoms with Crippen molar-refractivity contribution in [3.05, 3.63) is 283 Å². The van der Waals surface area contributed by atoms with Gasteiger partial charge in [0.15, 0.2) is 5.82 Å². The molecule has 0 atom stereocenters. The summed E-state index contributed by atoms with van der Waals surface area (Å²) >= 11 is 0. The fourth-order valence-corrected chi connectivity index (χ4v) is 10.2. The second-order valence-corrected chi connectivity index (χ2v) is 17.1. The van der Waals surface area contributed by atoms with Gasteiger partial charge in [-0.05, 0) is 108 Å². The second kappa shape index (κ2) is 17.0. The molecule has 0 saturated carbocycles. The van der Waals surface area contributed by atoms with Gasteiger partial charge in [0.2, 0.25) is 0 Å². The molecule has 0 unspecified atom stereocenters. The van der Waals surface area contributed by atoms with Crippen molar-refractivity contribution in [2.24, 2.45) is 0 Å². The number of rotatable bonds is 9. The summed E-state index contributed by atoms with van der Waals surface area (Å²) in [4.78, 5) is 14.6. The van der Waals surface area contributed by atoms with Crippen LogP contribution in [0, 0.1) is 0 Å². The van der Waals surface area contributed by atoms with Crippen LogP contribution in [0.25, 0.3) is 89.5 Å². The Balaban J connectivity index is 0.916. The number of aromatic nitrogens is 3. The largest absolute Gasteiger partial charge is 0.264 e. The van der Waals surface area contributed by atoms with Gasteiger partial charge in [-0.2, -0.15) is 0 Å². The lowest BCUT2D eigenvalue weighted by atomic mass is 9.67. The smallest absolute Gasteiger partial charge is 0.160 e. The number of hydrogen-bond acceptors (Lipinski definition) is 3. The molecule has 0 aliphatic heterocycles. The lowest BCUT2D eigenvalue weighted by molar-refractivity contribution is 0.768. The van der Waals surface area contributed by atoms with Gasteiger partial charge in [0.25, 0.3) is 0 Å². The van der Waals surface area contributed by atoms with Gasteiger partial charge in [0.05, 0.1) is 16.8 Å². The molecule has 0 saturated heterocycles. The normalized spacial score (nSPS) is 12.3. The van der Waals surface area contributed by atoms with Crippen LogP contribution in [-0.4, -0.2) is 15.0 Å². The third-order valence-corrected chi connectivity index (χ3v) is 13.3. The van der Waals surface area contributed by atoms with Crippen LogP contribution in [0.2, 0.25) is 0 Å². The Morgan fingerprint density at radius 3 is 1.39 bits per heavy atom. The monoisotopic (exact) mass is 853 g/mol. The van der Waals surface area contributed by atoms with E-state index in [-0.39, 0.29) is 0 Å². The molecule has 314 valence electrons. The number of nitrogens with zero attached hydrogens (tertiary/aromatic N) is 3. The topological polar surface area (TPSA) is 38.7 Å². The lowest BCUT2D eigenvalue weighted by Crippen LogP contribution is -2.28. The minimum atomic E-state index is -0.451. The Hall–Kier alpha value is -8.79. The zero-order valence-corrected chi connectivity index (χ0v) is 36.7. The van der Waals surface area contributed by atoms with E-state index in [0.29, 0.717) is 5.82 Å². The third kappa shape index (κ3) is 7.15. The number of fused-ring (bicyclic) bond motifs is 3. The molecule has 3 heteroatoms. The van der Waals surface area contributed by atoms with Crippen molar-refractivity contribution in [3.63, 3.8) is 0 Å². The van der Waals surface area contributed by atoms with Crippen molar-refractivity contribution < 1.29 is 0 Å². The van der Waals surface area contributed by atoms with Crippen LogP contribution < -0.4 is 0 Å². The van der Waals surface area contributed by atoms with Gasteiger partial charge in [0, 0.05) is 29.1 Å². The second-order valence-electron chi connectivity index (χ2n) is 17.1. The van der Waals surface area contributed by atoms with Gasteiger partial charge in [-0.3, -0.25) is 4.98 Å². The van der Waals surface area contributed by atoms with Crippen molar-refractivity contribution in [1.82, 2.24) is 15.0 Å². The molecule has 1 aliphatic carbocycles. The highest BCUT2D eigenvalue weighted by Crippen LogP contribution is 2.58. The summed E-state index contributed by atoms with van der Waals surface area (Å²) in [5.74, 6) is 0.690. The number of pyridine rings is 1. The SMILES string of the molecule is c1ccc(-c2nc(-c3ccc(-c4cccnc4)cc3)cc(-c3cccc(-c4cccc(-c5cccc(-c6cccc7c6-c6ccccc6C7(c6ccccc6)c6ccccc6)c5)c4)c3)n2)cc1. The summed E-state index contributed by atoms with van der Waals surface area (Å²) in [6.07, 6.45) is 3.69. The van der Waals surface area contributed by atoms with Crippen molar-refractivity contribution in [3.8, 4) is 89.5 Å². The summed E-state index contributed by atoms with van der Waals surface area (Å²) < 4.78 is 0. The molecule has 1 aliphatic rings. The average Bonchev–Trinajstić information content (AvgIpc) is 3.73. The first-order chi connectivity index (χ1) is 33.2. The minimum Gasteiger partial charge on any atom is -0.264 e. The van der Waals surface area contributed by atoms with Crippen LogP contribution in [0.1, 0.15) is 22.3 Å². The predicted octanol–water partition coefficient (Wildman–Crippen LogP) is 15.9. The molecular formula is C64H43N3. The van der Waals surface area contributed by atoms with Gasteiger partial charge >= 0.3 is 0 Å². The van der Waals surface area contributed by atoms with Crippen LogP contribution in [0.3, 0.4) is 0 Å². The molecule has 2 heterocycles. The first-order valence-corrected chi connectivity index (χ1v) is 22.8. The Morgan fingerprint density at radius 1 is 0.284 bits per heavy atom. The van der Waals surface area contributed by atoms with E-state index in [1.54, 1.807) is 6.20 Å². The Kier molecular flexibility index (Phi) is 10.1. The van der Waals surface area contributed by atoms with E-state index in [1.807, 2.05) is 30.5 Å². The molecule has 0 radical (unpaired) electrons. The summed E-state index contributed by atoms with van der Waals surface area (Å²) in [7, 11) is 0. The van der Waals surface area contributed by atoms with E-state index in [2.05, 4.69) is 229 Å². The summed E-state index contributed by atoms with van der Waals surface area (Å²) in [5, 5.41) is 0. The van der Waals surface area contributed by atoms with E-state index in [4.69, 9.17) is 9.97 Å². The molecule has 9 aromatic carbocycles. The van der Waals surface area contributed by atoms with E-state index in [9.17, 15) is 0 Å². The number of hydrogen-bond donors (Lipinski definition) is 0. The van der Waals surface area contributed by atoms with E-state index < -0.39 is 5.41 Å². The Labute approximate surface area is 391 Å². The average molecular weight is 854 g/mol. The van der Waals surface area contributed by atoms with Crippen LogP contribution >= 0.6 is 0 Å². The fraction of sp³-hybridized carbons (Fsp3) is 0.0156. The molecule has 12 rings (SSSR count). The van der Waals surface area contributed by atoms with Crippen LogP contribution in [0.4, 0.5) is 0 Å². The van der Waals surface area contributed by atoms with Crippen LogP contribution in [-0.2, 0) is 5.41 Å². The molecule has 0 spiro atoms. The highest BCUT2D eigenvalue weighted by atomic mass is 14.9. The standard InChI is InChI=1S/C64H43N3/c1-4-17-46(18-5-1)63-66-60(45-36-34-44(35-37-45)53-25-16-38-65-43-53)42-61(67-63)52-24-14-22-50(41-52)48-20-12-19-47(39-48)49-21-13-23-51(40-49)56-31-15-33-59-62(56)57-30-10-11-32-58(57)64(59,54-26-6-2-7-27-54)55-28-8-3-9-29-55/h1-43H. The molecule has 67 heavy (non-hydrogen) atoms. The molecular weight excluding hydrogens is 811 g/mol. The first-order valence-electron chi connectivity index (χ1n) is 22.8. The third-order valence-electron chi connectivity index (χ3n) is 13.3. The van der Waals surface area contributed by atoms with Gasteiger partial charge in [-0.1, -0.05) is 218 Å². The lowest BCUT2D eigenvalue weighted by Gasteiger charge is -2.34. The van der Waals surface area contributed by atoms with Crippen molar-refractivity contribution in [1.29, 1.82) is 0 Å². The van der Waals surface area contributed by atoms with Crippen molar-refractivity contribution >= 4 is 0 Å². The van der Waals surface area contributed by atoms with Crippen molar-refractivity contribution in [2.75, 3.05) is 0 Å². The van der Waals surface area contributed by atoms with Gasteiger partial charge in [0.1, 0.15) is 0 Å². The molecule has 0 N–H and O–H groups in total. The maximum Gasteiger partial charge on any atom is 0.160 e. The highest BCUT2D eigenvalue weighted by Gasteiger charge is 2.46. The van der Waals surface area contributed by atoms with Crippen LogP contribution in [0.5, 0.6) is 0 Å². The first kappa shape index (κ1) is 39.8. The number of benzene rings is 9. The van der Waals surface area contributed by atoms with E-state index >= 15 is 0 Å². The predicted molar refractivity (Wildman–Crippen MR) is 275 cm³/mol. The minimum absolute atomic E-state index is 0.451.